The van der Waals surface area contributed by atoms with Gasteiger partial charge in [0.1, 0.15) is 0 Å². The largest absolute Gasteiger partial charge is 0.481 e. The number of carbonyl (C=O) groups is 2. The fraction of sp³-hybridized carbons (Fsp3) is 0.867. The molecule has 0 heterocycles. The van der Waals surface area contributed by atoms with Crippen LogP contribution in [0.4, 0.5) is 4.79 Å². The van der Waals surface area contributed by atoms with Crippen LogP contribution in [0, 0.1) is 23.7 Å². The molecule has 3 rings (SSSR count). The molecule has 0 saturated heterocycles. The van der Waals surface area contributed by atoms with Gasteiger partial charge in [-0.3, -0.25) is 4.79 Å². The van der Waals surface area contributed by atoms with Gasteiger partial charge in [-0.05, 0) is 49.4 Å². The maximum atomic E-state index is 12.1. The summed E-state index contributed by atoms with van der Waals surface area (Å²) in [7, 11) is 1.67. The lowest BCUT2D eigenvalue weighted by Crippen LogP contribution is -2.47. The average molecular weight is 280 g/mol. The second-order valence-electron chi connectivity index (χ2n) is 6.78. The molecule has 5 unspecified atom stereocenters. The zero-order chi connectivity index (χ0) is 14.3. The predicted octanol–water partition coefficient (Wildman–Crippen LogP) is 1.93. The molecule has 112 valence electrons. The van der Waals surface area contributed by atoms with Crippen LogP contribution in [-0.2, 0) is 4.79 Å². The number of amides is 2. The molecule has 0 aromatic heterocycles. The molecule has 0 aliphatic heterocycles. The number of urea groups is 1. The van der Waals surface area contributed by atoms with E-state index >= 15 is 0 Å². The summed E-state index contributed by atoms with van der Waals surface area (Å²) in [5.74, 6) is 2.39. The molecule has 5 atom stereocenters. The minimum Gasteiger partial charge on any atom is -0.481 e. The Morgan fingerprint density at radius 3 is 2.70 bits per heavy atom. The molecule has 0 aromatic carbocycles. The fourth-order valence-electron chi connectivity index (χ4n) is 4.87. The van der Waals surface area contributed by atoms with E-state index in [0.29, 0.717) is 12.0 Å². The van der Waals surface area contributed by atoms with Crippen molar-refractivity contribution in [3.63, 3.8) is 0 Å². The van der Waals surface area contributed by atoms with E-state index in [4.69, 9.17) is 5.11 Å². The topological polar surface area (TPSA) is 69.6 Å². The smallest absolute Gasteiger partial charge is 0.317 e. The Kier molecular flexibility index (Phi) is 3.61. The highest BCUT2D eigenvalue weighted by Gasteiger charge is 2.54. The first-order valence-electron chi connectivity index (χ1n) is 7.79. The molecule has 3 saturated carbocycles. The summed E-state index contributed by atoms with van der Waals surface area (Å²) in [6, 6.07) is 0.206. The van der Waals surface area contributed by atoms with Crippen molar-refractivity contribution in [1.82, 2.24) is 10.2 Å². The third-order valence-electron chi connectivity index (χ3n) is 5.75. The Hall–Kier alpha value is -1.26. The quantitative estimate of drug-likeness (QED) is 0.826. The zero-order valence-corrected chi connectivity index (χ0v) is 12.0. The molecule has 0 radical (unpaired) electrons. The van der Waals surface area contributed by atoms with Crippen LogP contribution in [0.2, 0.25) is 0 Å². The lowest BCUT2D eigenvalue weighted by Gasteiger charge is -2.33. The van der Waals surface area contributed by atoms with Gasteiger partial charge in [0.2, 0.25) is 0 Å². The molecule has 2 bridgehead atoms. The van der Waals surface area contributed by atoms with Crippen molar-refractivity contribution in [2.24, 2.45) is 23.7 Å². The number of hydrogen-bond donors (Lipinski definition) is 2. The van der Waals surface area contributed by atoms with E-state index in [1.165, 1.54) is 30.6 Å². The summed E-state index contributed by atoms with van der Waals surface area (Å²) >= 11 is 0. The number of fused-ring (bicyclic) bond motifs is 5. The van der Waals surface area contributed by atoms with Crippen LogP contribution in [0.15, 0.2) is 0 Å². The third-order valence-corrected chi connectivity index (χ3v) is 5.75. The van der Waals surface area contributed by atoms with Crippen LogP contribution in [0.3, 0.4) is 0 Å². The first-order valence-corrected chi connectivity index (χ1v) is 7.79. The van der Waals surface area contributed by atoms with Crippen molar-refractivity contribution in [3.05, 3.63) is 0 Å². The molecule has 3 fully saturated rings. The van der Waals surface area contributed by atoms with Crippen LogP contribution in [0.5, 0.6) is 0 Å². The van der Waals surface area contributed by atoms with Gasteiger partial charge in [0.15, 0.2) is 0 Å². The van der Waals surface area contributed by atoms with Gasteiger partial charge in [-0.25, -0.2) is 4.79 Å². The monoisotopic (exact) mass is 280 g/mol. The van der Waals surface area contributed by atoms with Crippen LogP contribution >= 0.6 is 0 Å². The highest BCUT2D eigenvalue weighted by molar-refractivity contribution is 5.75. The normalized spacial score (nSPS) is 37.8. The SMILES string of the molecule is CN(CCC(=O)O)C(=O)NC1CC2CC1C1CCCC21. The lowest BCUT2D eigenvalue weighted by molar-refractivity contribution is -0.137. The summed E-state index contributed by atoms with van der Waals surface area (Å²) in [6.07, 6.45) is 6.52. The van der Waals surface area contributed by atoms with Crippen molar-refractivity contribution < 1.29 is 14.7 Å². The second kappa shape index (κ2) is 5.26. The van der Waals surface area contributed by atoms with Gasteiger partial charge >= 0.3 is 12.0 Å². The molecule has 3 aliphatic rings. The summed E-state index contributed by atoms with van der Waals surface area (Å²) in [5, 5.41) is 11.8. The van der Waals surface area contributed by atoms with Gasteiger partial charge < -0.3 is 15.3 Å². The molecule has 0 spiro atoms. The van der Waals surface area contributed by atoms with E-state index in [0.717, 1.165) is 24.2 Å². The van der Waals surface area contributed by atoms with E-state index in [2.05, 4.69) is 5.32 Å². The molecule has 5 heteroatoms. The lowest BCUT2D eigenvalue weighted by atomic mass is 9.79. The van der Waals surface area contributed by atoms with E-state index in [1.54, 1.807) is 7.05 Å². The van der Waals surface area contributed by atoms with Crippen LogP contribution < -0.4 is 5.32 Å². The zero-order valence-electron chi connectivity index (χ0n) is 12.0. The van der Waals surface area contributed by atoms with Crippen LogP contribution in [0.1, 0.15) is 38.5 Å². The third kappa shape index (κ3) is 2.38. The standard InChI is InChI=1S/C15H24N2O3/c1-17(6-5-14(18)19)15(20)16-13-8-9-7-12(13)11-4-2-3-10(9)11/h9-13H,2-8H2,1H3,(H,16,20)(H,18,19). The maximum absolute atomic E-state index is 12.1. The average Bonchev–Trinajstić information content (AvgIpc) is 3.06. The molecule has 0 aromatic rings. The van der Waals surface area contributed by atoms with Gasteiger partial charge in [-0.2, -0.15) is 0 Å². The first kappa shape index (κ1) is 13.7. The van der Waals surface area contributed by atoms with Crippen molar-refractivity contribution in [1.29, 1.82) is 0 Å². The summed E-state index contributed by atoms with van der Waals surface area (Å²) < 4.78 is 0. The van der Waals surface area contributed by atoms with Crippen LogP contribution in [-0.4, -0.2) is 41.6 Å². The molecular weight excluding hydrogens is 256 g/mol. The molecular formula is C15H24N2O3. The molecule has 5 nitrogen and oxygen atoms in total. The summed E-state index contributed by atoms with van der Waals surface area (Å²) in [6.45, 7) is 0.272. The van der Waals surface area contributed by atoms with Gasteiger partial charge in [-0.15, -0.1) is 0 Å². The summed E-state index contributed by atoms with van der Waals surface area (Å²) in [5.41, 5.74) is 0. The van der Waals surface area contributed by atoms with E-state index in [9.17, 15) is 9.59 Å². The number of hydrogen-bond acceptors (Lipinski definition) is 2. The first-order chi connectivity index (χ1) is 9.56. The highest BCUT2D eigenvalue weighted by atomic mass is 16.4. The number of nitrogens with one attached hydrogen (secondary N) is 1. The van der Waals surface area contributed by atoms with Crippen molar-refractivity contribution in [3.8, 4) is 0 Å². The van der Waals surface area contributed by atoms with Gasteiger partial charge in [0.25, 0.3) is 0 Å². The molecule has 2 N–H and O–H groups in total. The number of carbonyl (C=O) groups excluding carboxylic acids is 1. The Morgan fingerprint density at radius 1 is 1.20 bits per heavy atom. The van der Waals surface area contributed by atoms with Crippen molar-refractivity contribution >= 4 is 12.0 Å². The minimum absolute atomic E-state index is 0.00530. The number of carboxylic acid groups (broad SMARTS) is 1. The number of carboxylic acids is 1. The predicted molar refractivity (Wildman–Crippen MR) is 74.2 cm³/mol. The summed E-state index contributed by atoms with van der Waals surface area (Å²) in [4.78, 5) is 24.1. The van der Waals surface area contributed by atoms with E-state index in [-0.39, 0.29) is 19.0 Å². The molecule has 2 amide bonds. The Bertz CT molecular complexity index is 412. The van der Waals surface area contributed by atoms with Gasteiger partial charge in [-0.1, -0.05) is 6.42 Å². The number of rotatable bonds is 4. The molecule has 20 heavy (non-hydrogen) atoms. The fourth-order valence-corrected chi connectivity index (χ4v) is 4.87. The number of nitrogens with zero attached hydrogens (tertiary/aromatic N) is 1. The maximum Gasteiger partial charge on any atom is 0.317 e. The van der Waals surface area contributed by atoms with E-state index in [1.807, 2.05) is 0 Å². The van der Waals surface area contributed by atoms with E-state index < -0.39 is 5.97 Å². The Labute approximate surface area is 119 Å². The highest BCUT2D eigenvalue weighted by Crippen LogP contribution is 2.58. The Morgan fingerprint density at radius 2 is 1.95 bits per heavy atom. The van der Waals surface area contributed by atoms with Gasteiger partial charge in [0, 0.05) is 19.6 Å². The van der Waals surface area contributed by atoms with Gasteiger partial charge in [0.05, 0.1) is 6.42 Å². The number of aliphatic carboxylic acids is 1. The Balaban J connectivity index is 1.51. The van der Waals surface area contributed by atoms with Crippen LogP contribution in [0.25, 0.3) is 0 Å². The second-order valence-corrected chi connectivity index (χ2v) is 6.78. The van der Waals surface area contributed by atoms with Crippen molar-refractivity contribution in [2.45, 2.75) is 44.6 Å². The molecule has 3 aliphatic carbocycles. The minimum atomic E-state index is -0.863. The van der Waals surface area contributed by atoms with Crippen molar-refractivity contribution in [2.75, 3.05) is 13.6 Å².